The largest absolute Gasteiger partial charge is 0.490 e. The average molecular weight is 379 g/mol. The second-order valence-electron chi connectivity index (χ2n) is 5.63. The lowest BCUT2D eigenvalue weighted by Crippen LogP contribution is -2.40. The Kier molecular flexibility index (Phi) is 8.51. The van der Waals surface area contributed by atoms with Gasteiger partial charge in [-0.1, -0.05) is 0 Å². The van der Waals surface area contributed by atoms with Gasteiger partial charge in [0.25, 0.3) is 5.91 Å². The second kappa shape index (κ2) is 10.6. The monoisotopic (exact) mass is 379 g/mol. The lowest BCUT2D eigenvalue weighted by atomic mass is 10.3. The molecular weight excluding hydrogens is 358 g/mol. The SMILES string of the molecule is COc1cc(OCC(=O)OCC(=O)N(CCC#N)C(C)C)ccc1[N+](=O)[O-]. The summed E-state index contributed by atoms with van der Waals surface area (Å²) in [6.07, 6.45) is 0.183. The molecule has 0 aliphatic rings. The maximum absolute atomic E-state index is 12.1. The maximum Gasteiger partial charge on any atom is 0.344 e. The third-order valence-corrected chi connectivity index (χ3v) is 3.47. The first-order chi connectivity index (χ1) is 12.8. The molecule has 0 fully saturated rings. The summed E-state index contributed by atoms with van der Waals surface area (Å²) in [7, 11) is 1.28. The number of carbonyl (C=O) groups excluding carboxylic acids is 2. The van der Waals surface area contributed by atoms with E-state index in [1.165, 1.54) is 30.2 Å². The van der Waals surface area contributed by atoms with Gasteiger partial charge in [-0.25, -0.2) is 4.79 Å². The Morgan fingerprint density at radius 3 is 2.59 bits per heavy atom. The number of nitrogens with zero attached hydrogens (tertiary/aromatic N) is 3. The van der Waals surface area contributed by atoms with Crippen molar-refractivity contribution in [2.24, 2.45) is 0 Å². The number of nitro groups is 1. The van der Waals surface area contributed by atoms with E-state index >= 15 is 0 Å². The zero-order valence-corrected chi connectivity index (χ0v) is 15.3. The van der Waals surface area contributed by atoms with Gasteiger partial charge in [0.1, 0.15) is 5.75 Å². The molecule has 0 bridgehead atoms. The van der Waals surface area contributed by atoms with Crippen LogP contribution in [-0.4, -0.2) is 54.6 Å². The zero-order chi connectivity index (χ0) is 20.4. The third kappa shape index (κ3) is 6.81. The van der Waals surface area contributed by atoms with Gasteiger partial charge in [-0.2, -0.15) is 5.26 Å². The van der Waals surface area contributed by atoms with E-state index in [1.54, 1.807) is 13.8 Å². The van der Waals surface area contributed by atoms with Gasteiger partial charge in [0.05, 0.1) is 24.5 Å². The van der Waals surface area contributed by atoms with Crippen LogP contribution in [0, 0.1) is 21.4 Å². The van der Waals surface area contributed by atoms with Gasteiger partial charge in [-0.15, -0.1) is 0 Å². The lowest BCUT2D eigenvalue weighted by molar-refractivity contribution is -0.385. The summed E-state index contributed by atoms with van der Waals surface area (Å²) >= 11 is 0. The molecule has 0 unspecified atom stereocenters. The van der Waals surface area contributed by atoms with Crippen molar-refractivity contribution in [3.63, 3.8) is 0 Å². The summed E-state index contributed by atoms with van der Waals surface area (Å²) in [6, 6.07) is 5.62. The third-order valence-electron chi connectivity index (χ3n) is 3.47. The molecule has 0 saturated heterocycles. The minimum atomic E-state index is -0.773. The highest BCUT2D eigenvalue weighted by Gasteiger charge is 2.19. The van der Waals surface area contributed by atoms with Crippen LogP contribution < -0.4 is 9.47 Å². The molecule has 1 rings (SSSR count). The Bertz CT molecular complexity index is 728. The Labute approximate surface area is 156 Å². The number of nitriles is 1. The topological polar surface area (TPSA) is 132 Å². The van der Waals surface area contributed by atoms with Crippen molar-refractivity contribution >= 4 is 17.6 Å². The van der Waals surface area contributed by atoms with Crippen molar-refractivity contribution in [1.82, 2.24) is 4.90 Å². The van der Waals surface area contributed by atoms with Gasteiger partial charge in [0.2, 0.25) is 5.75 Å². The van der Waals surface area contributed by atoms with Crippen molar-refractivity contribution in [1.29, 1.82) is 5.26 Å². The summed E-state index contributed by atoms with van der Waals surface area (Å²) < 4.78 is 15.0. The summed E-state index contributed by atoms with van der Waals surface area (Å²) in [4.78, 5) is 35.5. The Morgan fingerprint density at radius 2 is 2.04 bits per heavy atom. The van der Waals surface area contributed by atoms with E-state index in [1.807, 2.05) is 6.07 Å². The molecule has 0 aromatic heterocycles. The fraction of sp³-hybridized carbons (Fsp3) is 0.471. The summed E-state index contributed by atoms with van der Waals surface area (Å²) in [5, 5.41) is 19.5. The minimum Gasteiger partial charge on any atom is -0.490 e. The van der Waals surface area contributed by atoms with Crippen molar-refractivity contribution < 1.29 is 28.7 Å². The average Bonchev–Trinajstić information content (AvgIpc) is 2.64. The smallest absolute Gasteiger partial charge is 0.344 e. The van der Waals surface area contributed by atoms with E-state index in [4.69, 9.17) is 19.5 Å². The number of esters is 1. The van der Waals surface area contributed by atoms with Gasteiger partial charge in [-0.05, 0) is 19.9 Å². The van der Waals surface area contributed by atoms with Crippen LogP contribution in [0.25, 0.3) is 0 Å². The molecule has 1 aromatic rings. The number of nitro benzene ring substituents is 1. The van der Waals surface area contributed by atoms with Crippen LogP contribution in [-0.2, 0) is 14.3 Å². The number of rotatable bonds is 10. The number of ether oxygens (including phenoxy) is 3. The van der Waals surface area contributed by atoms with Crippen LogP contribution in [0.5, 0.6) is 11.5 Å². The number of benzene rings is 1. The van der Waals surface area contributed by atoms with E-state index in [2.05, 4.69) is 0 Å². The highest BCUT2D eigenvalue weighted by Crippen LogP contribution is 2.30. The molecule has 10 heteroatoms. The molecule has 1 amide bonds. The van der Waals surface area contributed by atoms with Crippen LogP contribution in [0.4, 0.5) is 5.69 Å². The van der Waals surface area contributed by atoms with Crippen LogP contribution in [0.15, 0.2) is 18.2 Å². The Morgan fingerprint density at radius 1 is 1.33 bits per heavy atom. The molecule has 0 aliphatic carbocycles. The number of methoxy groups -OCH3 is 1. The number of amides is 1. The van der Waals surface area contributed by atoms with E-state index in [-0.39, 0.29) is 36.2 Å². The summed E-state index contributed by atoms with van der Waals surface area (Å²) in [5.74, 6) is -1.01. The lowest BCUT2D eigenvalue weighted by Gasteiger charge is -2.25. The first kappa shape index (κ1) is 21.7. The fourth-order valence-corrected chi connectivity index (χ4v) is 2.15. The quantitative estimate of drug-likeness (QED) is 0.341. The predicted octanol–water partition coefficient (Wildman–Crippen LogP) is 1.68. The number of hydrogen-bond acceptors (Lipinski definition) is 8. The molecule has 27 heavy (non-hydrogen) atoms. The van der Waals surface area contributed by atoms with Crippen LogP contribution in [0.2, 0.25) is 0 Å². The highest BCUT2D eigenvalue weighted by atomic mass is 16.6. The normalized spacial score (nSPS) is 10.0. The van der Waals surface area contributed by atoms with Crippen LogP contribution in [0.1, 0.15) is 20.3 Å². The van der Waals surface area contributed by atoms with E-state index in [9.17, 15) is 19.7 Å². The molecule has 10 nitrogen and oxygen atoms in total. The van der Waals surface area contributed by atoms with Crippen molar-refractivity contribution in [3.8, 4) is 17.6 Å². The molecule has 0 aliphatic heterocycles. The summed E-state index contributed by atoms with van der Waals surface area (Å²) in [6.45, 7) is 2.90. The van der Waals surface area contributed by atoms with Crippen molar-refractivity contribution in [2.45, 2.75) is 26.3 Å². The van der Waals surface area contributed by atoms with Gasteiger partial charge < -0.3 is 19.1 Å². The first-order valence-electron chi connectivity index (χ1n) is 8.07. The molecule has 0 N–H and O–H groups in total. The van der Waals surface area contributed by atoms with Crippen molar-refractivity contribution in [3.05, 3.63) is 28.3 Å². The Hall–Kier alpha value is -3.35. The molecule has 0 atom stereocenters. The molecule has 0 heterocycles. The molecule has 0 saturated carbocycles. The first-order valence-corrected chi connectivity index (χ1v) is 8.07. The number of carbonyl (C=O) groups is 2. The second-order valence-corrected chi connectivity index (χ2v) is 5.63. The van der Waals surface area contributed by atoms with Crippen LogP contribution >= 0.6 is 0 Å². The van der Waals surface area contributed by atoms with Gasteiger partial charge in [0, 0.05) is 24.7 Å². The maximum atomic E-state index is 12.1. The fourth-order valence-electron chi connectivity index (χ4n) is 2.15. The van der Waals surface area contributed by atoms with Crippen molar-refractivity contribution in [2.75, 3.05) is 26.9 Å². The number of hydrogen-bond donors (Lipinski definition) is 0. The predicted molar refractivity (Wildman–Crippen MR) is 93.2 cm³/mol. The molecule has 0 radical (unpaired) electrons. The van der Waals surface area contributed by atoms with Crippen LogP contribution in [0.3, 0.4) is 0 Å². The highest BCUT2D eigenvalue weighted by molar-refractivity contribution is 5.81. The van der Waals surface area contributed by atoms with E-state index in [0.29, 0.717) is 0 Å². The molecule has 1 aromatic carbocycles. The zero-order valence-electron chi connectivity index (χ0n) is 15.3. The molecule has 146 valence electrons. The van der Waals surface area contributed by atoms with Gasteiger partial charge >= 0.3 is 11.7 Å². The van der Waals surface area contributed by atoms with E-state index < -0.39 is 30.0 Å². The molecular formula is C17H21N3O7. The minimum absolute atomic E-state index is 0.00823. The summed E-state index contributed by atoms with van der Waals surface area (Å²) in [5.41, 5.74) is -0.232. The Balaban J connectivity index is 2.55. The van der Waals surface area contributed by atoms with Gasteiger partial charge in [0.15, 0.2) is 13.2 Å². The van der Waals surface area contributed by atoms with E-state index in [0.717, 1.165) is 0 Å². The standard InChI is InChI=1S/C17H21N3O7/c1-12(2)19(8-4-7-18)16(21)10-27-17(22)11-26-13-5-6-14(20(23)24)15(9-13)25-3/h5-6,9,12H,4,8,10-11H2,1-3H3. The van der Waals surface area contributed by atoms with Gasteiger partial charge in [-0.3, -0.25) is 14.9 Å². The molecule has 0 spiro atoms.